The summed E-state index contributed by atoms with van der Waals surface area (Å²) in [4.78, 5) is 10.8. The molecule has 0 aromatic rings. The van der Waals surface area contributed by atoms with Crippen molar-refractivity contribution in [3.8, 4) is 0 Å². The number of carboxylic acid groups (broad SMARTS) is 1. The van der Waals surface area contributed by atoms with Crippen molar-refractivity contribution in [3.63, 3.8) is 0 Å². The van der Waals surface area contributed by atoms with E-state index in [0.29, 0.717) is 18.2 Å². The highest BCUT2D eigenvalue weighted by atomic mass is 32.1. The van der Waals surface area contributed by atoms with Crippen molar-refractivity contribution >= 4 is 23.3 Å². The summed E-state index contributed by atoms with van der Waals surface area (Å²) < 4.78 is 0. The predicted octanol–water partition coefficient (Wildman–Crippen LogP) is 1.77. The summed E-state index contributed by atoms with van der Waals surface area (Å²) in [5.41, 5.74) is -0.0700. The Bertz CT molecular complexity index is 285. The number of hydrogen-bond donors (Lipinski definition) is 3. The average molecular weight is 258 g/mol. The lowest BCUT2D eigenvalue weighted by Crippen LogP contribution is -2.41. The van der Waals surface area contributed by atoms with Crippen LogP contribution in [0.1, 0.15) is 27.2 Å². The van der Waals surface area contributed by atoms with E-state index in [4.69, 9.17) is 17.3 Å². The first-order valence-electron chi connectivity index (χ1n) is 5.61. The minimum atomic E-state index is -0.781. The smallest absolute Gasteiger partial charge is 0.303 e. The van der Waals surface area contributed by atoms with E-state index in [9.17, 15) is 4.79 Å². The van der Waals surface area contributed by atoms with Gasteiger partial charge in [0.25, 0.3) is 0 Å². The minimum Gasteiger partial charge on any atom is -0.481 e. The van der Waals surface area contributed by atoms with Crippen LogP contribution in [0, 0.1) is 11.3 Å². The summed E-state index contributed by atoms with van der Waals surface area (Å²) in [7, 11) is 0. The zero-order valence-corrected chi connectivity index (χ0v) is 11.6. The van der Waals surface area contributed by atoms with E-state index >= 15 is 0 Å². The van der Waals surface area contributed by atoms with Crippen molar-refractivity contribution in [2.45, 2.75) is 27.2 Å². The van der Waals surface area contributed by atoms with Gasteiger partial charge in [-0.05, 0) is 23.6 Å². The molecular formula is C12H22N2O2S. The van der Waals surface area contributed by atoms with Gasteiger partial charge in [0, 0.05) is 13.1 Å². The third kappa shape index (κ3) is 7.74. The molecule has 1 atom stereocenters. The Morgan fingerprint density at radius 2 is 2.06 bits per heavy atom. The number of thiocarbonyl (C=S) groups is 1. The monoisotopic (exact) mass is 258 g/mol. The molecule has 0 bridgehead atoms. The molecule has 0 saturated carbocycles. The third-order valence-corrected chi connectivity index (χ3v) is 2.85. The van der Waals surface area contributed by atoms with Crippen LogP contribution in [0.4, 0.5) is 0 Å². The van der Waals surface area contributed by atoms with Gasteiger partial charge in [-0.2, -0.15) is 0 Å². The van der Waals surface area contributed by atoms with Crippen LogP contribution in [0.5, 0.6) is 0 Å². The molecule has 1 unspecified atom stereocenters. The second kappa shape index (κ2) is 7.27. The maximum absolute atomic E-state index is 10.8. The maximum Gasteiger partial charge on any atom is 0.303 e. The van der Waals surface area contributed by atoms with E-state index in [2.05, 4.69) is 17.2 Å². The highest BCUT2D eigenvalue weighted by molar-refractivity contribution is 7.80. The summed E-state index contributed by atoms with van der Waals surface area (Å²) in [6.07, 6.45) is 1.85. The van der Waals surface area contributed by atoms with Crippen LogP contribution < -0.4 is 10.6 Å². The minimum absolute atomic E-state index is 0.0310. The standard InChI is InChI=1S/C12H22N2O2S/c1-5-6-13-11(17)14-8-9(7-10(15)16)12(2,3)4/h5,9H,1,6-8H2,2-4H3,(H,15,16)(H2,13,14,17). The van der Waals surface area contributed by atoms with Gasteiger partial charge in [-0.25, -0.2) is 0 Å². The summed E-state index contributed by atoms with van der Waals surface area (Å²) in [5, 5.41) is 15.4. The first kappa shape index (κ1) is 15.9. The lowest BCUT2D eigenvalue weighted by atomic mass is 9.79. The van der Waals surface area contributed by atoms with Crippen LogP contribution in [0.15, 0.2) is 12.7 Å². The summed E-state index contributed by atoms with van der Waals surface area (Å²) in [6, 6.07) is 0. The summed E-state index contributed by atoms with van der Waals surface area (Å²) in [5.74, 6) is -0.750. The van der Waals surface area contributed by atoms with Gasteiger partial charge < -0.3 is 15.7 Å². The van der Waals surface area contributed by atoms with E-state index in [1.165, 1.54) is 0 Å². The molecule has 0 amide bonds. The predicted molar refractivity (Wildman–Crippen MR) is 74.0 cm³/mol. The van der Waals surface area contributed by atoms with Crippen LogP contribution in [-0.4, -0.2) is 29.3 Å². The van der Waals surface area contributed by atoms with Gasteiger partial charge >= 0.3 is 5.97 Å². The third-order valence-electron chi connectivity index (χ3n) is 2.56. The quantitative estimate of drug-likeness (QED) is 0.501. The number of carbonyl (C=O) groups is 1. The second-order valence-corrected chi connectivity index (χ2v) is 5.45. The molecule has 3 N–H and O–H groups in total. The van der Waals surface area contributed by atoms with Gasteiger partial charge in [0.2, 0.25) is 0 Å². The Balaban J connectivity index is 4.21. The lowest BCUT2D eigenvalue weighted by molar-refractivity contribution is -0.139. The first-order chi connectivity index (χ1) is 7.77. The van der Waals surface area contributed by atoms with E-state index in [1.54, 1.807) is 6.08 Å². The molecule has 0 heterocycles. The fourth-order valence-corrected chi connectivity index (χ4v) is 1.51. The van der Waals surface area contributed by atoms with Gasteiger partial charge in [0.05, 0.1) is 6.42 Å². The SMILES string of the molecule is C=CCNC(=S)NCC(CC(=O)O)C(C)(C)C. The molecule has 4 nitrogen and oxygen atoms in total. The van der Waals surface area contributed by atoms with Gasteiger partial charge in [-0.15, -0.1) is 6.58 Å². The van der Waals surface area contributed by atoms with Crippen molar-refractivity contribution in [3.05, 3.63) is 12.7 Å². The van der Waals surface area contributed by atoms with Crippen LogP contribution >= 0.6 is 12.2 Å². The molecule has 0 radical (unpaired) electrons. The molecule has 0 aliphatic carbocycles. The molecule has 0 aromatic heterocycles. The molecule has 98 valence electrons. The van der Waals surface area contributed by atoms with Crippen LogP contribution in [0.25, 0.3) is 0 Å². The Kier molecular flexibility index (Phi) is 6.80. The Morgan fingerprint density at radius 3 is 2.47 bits per heavy atom. The number of hydrogen-bond acceptors (Lipinski definition) is 2. The Morgan fingerprint density at radius 1 is 1.47 bits per heavy atom. The second-order valence-electron chi connectivity index (χ2n) is 5.04. The lowest BCUT2D eigenvalue weighted by Gasteiger charge is -2.30. The fraction of sp³-hybridized carbons (Fsp3) is 0.667. The molecule has 17 heavy (non-hydrogen) atoms. The van der Waals surface area contributed by atoms with Crippen molar-refractivity contribution < 1.29 is 9.90 Å². The molecule has 0 aliphatic heterocycles. The number of nitrogens with one attached hydrogen (secondary N) is 2. The molecule has 0 aliphatic rings. The maximum atomic E-state index is 10.8. The summed E-state index contributed by atoms with van der Waals surface area (Å²) >= 11 is 5.06. The molecule has 0 aromatic carbocycles. The molecule has 0 fully saturated rings. The molecule has 0 rings (SSSR count). The molecule has 0 saturated heterocycles. The number of aliphatic carboxylic acids is 1. The van der Waals surface area contributed by atoms with Crippen molar-refractivity contribution in [1.29, 1.82) is 0 Å². The van der Waals surface area contributed by atoms with Crippen molar-refractivity contribution in [2.75, 3.05) is 13.1 Å². The fourth-order valence-electron chi connectivity index (χ4n) is 1.34. The van der Waals surface area contributed by atoms with Gasteiger partial charge in [0.1, 0.15) is 0 Å². The first-order valence-corrected chi connectivity index (χ1v) is 6.02. The van der Waals surface area contributed by atoms with Crippen LogP contribution in [-0.2, 0) is 4.79 Å². The van der Waals surface area contributed by atoms with Crippen LogP contribution in [0.3, 0.4) is 0 Å². The van der Waals surface area contributed by atoms with E-state index < -0.39 is 5.97 Å². The van der Waals surface area contributed by atoms with Crippen LogP contribution in [0.2, 0.25) is 0 Å². The normalized spacial score (nSPS) is 12.6. The zero-order valence-electron chi connectivity index (χ0n) is 10.7. The molecular weight excluding hydrogens is 236 g/mol. The largest absolute Gasteiger partial charge is 0.481 e. The van der Waals surface area contributed by atoms with Crippen molar-refractivity contribution in [1.82, 2.24) is 10.6 Å². The van der Waals surface area contributed by atoms with E-state index in [-0.39, 0.29) is 17.8 Å². The number of rotatable bonds is 6. The van der Waals surface area contributed by atoms with Gasteiger partial charge in [0.15, 0.2) is 5.11 Å². The van der Waals surface area contributed by atoms with Gasteiger partial charge in [-0.3, -0.25) is 4.79 Å². The van der Waals surface area contributed by atoms with E-state index in [1.807, 2.05) is 20.8 Å². The van der Waals surface area contributed by atoms with Crippen molar-refractivity contribution in [2.24, 2.45) is 11.3 Å². The summed E-state index contributed by atoms with van der Waals surface area (Å²) in [6.45, 7) is 10.8. The highest BCUT2D eigenvalue weighted by Gasteiger charge is 2.26. The number of carboxylic acids is 1. The topological polar surface area (TPSA) is 61.4 Å². The Hall–Kier alpha value is -1.10. The zero-order chi connectivity index (χ0) is 13.5. The van der Waals surface area contributed by atoms with E-state index in [0.717, 1.165) is 0 Å². The molecule has 5 heteroatoms. The van der Waals surface area contributed by atoms with Gasteiger partial charge in [-0.1, -0.05) is 26.8 Å². The highest BCUT2D eigenvalue weighted by Crippen LogP contribution is 2.28. The average Bonchev–Trinajstić information content (AvgIpc) is 2.19. The Labute approximate surface area is 108 Å². The molecule has 0 spiro atoms.